The van der Waals surface area contributed by atoms with Crippen LogP contribution in [0.1, 0.15) is 11.7 Å². The molecule has 5 aromatic rings. The van der Waals surface area contributed by atoms with E-state index in [9.17, 15) is 4.79 Å². The van der Waals surface area contributed by atoms with E-state index in [4.69, 9.17) is 13.6 Å². The van der Waals surface area contributed by atoms with Crippen molar-refractivity contribution in [1.82, 2.24) is 10.2 Å². The summed E-state index contributed by atoms with van der Waals surface area (Å²) >= 11 is 1.50. The number of ether oxygens (including phenoxy) is 1. The smallest absolute Gasteiger partial charge is 0.313 e. The molecule has 0 aliphatic rings. The van der Waals surface area contributed by atoms with Crippen molar-refractivity contribution in [3.8, 4) is 10.8 Å². The lowest BCUT2D eigenvalue weighted by atomic mass is 10.1. The Morgan fingerprint density at radius 2 is 1.93 bits per heavy atom. The number of benzene rings is 2. The van der Waals surface area contributed by atoms with E-state index in [-0.39, 0.29) is 18.9 Å². The Hall–Kier alpha value is -3.45. The molecule has 2 aromatic carbocycles. The van der Waals surface area contributed by atoms with Crippen molar-refractivity contribution >= 4 is 39.0 Å². The number of thiophene rings is 1. The summed E-state index contributed by atoms with van der Waals surface area (Å²) in [7, 11) is 0. The van der Waals surface area contributed by atoms with Gasteiger partial charge >= 0.3 is 5.97 Å². The van der Waals surface area contributed by atoms with E-state index in [2.05, 4.69) is 10.2 Å². The maximum absolute atomic E-state index is 12.2. The second kappa shape index (κ2) is 6.94. The molecular weight excluding hydrogens is 376 g/mol. The molecule has 0 amide bonds. The van der Waals surface area contributed by atoms with Crippen LogP contribution in [0.25, 0.3) is 32.5 Å². The SMILES string of the molecule is O=C(Cc1cc2c(ccc3ccccc32)o1)OCc1nnc(-c2cccs2)o1. The molecule has 0 aliphatic heterocycles. The third-order valence-electron chi connectivity index (χ3n) is 4.35. The second-order valence-corrected chi connectivity index (χ2v) is 7.17. The van der Waals surface area contributed by atoms with Crippen LogP contribution in [0, 0.1) is 0 Å². The van der Waals surface area contributed by atoms with Crippen LogP contribution >= 0.6 is 11.3 Å². The first-order valence-corrected chi connectivity index (χ1v) is 9.56. The number of carbonyl (C=O) groups excluding carboxylic acids is 1. The van der Waals surface area contributed by atoms with Crippen molar-refractivity contribution in [3.05, 3.63) is 71.6 Å². The Morgan fingerprint density at radius 3 is 2.82 bits per heavy atom. The van der Waals surface area contributed by atoms with E-state index in [1.54, 1.807) is 0 Å². The fourth-order valence-corrected chi connectivity index (χ4v) is 3.72. The molecule has 3 aromatic heterocycles. The predicted octanol–water partition coefficient (Wildman–Crippen LogP) is 4.98. The quantitative estimate of drug-likeness (QED) is 0.394. The number of esters is 1. The number of fused-ring (bicyclic) bond motifs is 3. The van der Waals surface area contributed by atoms with Gasteiger partial charge in [-0.1, -0.05) is 36.4 Å². The number of hydrogen-bond acceptors (Lipinski definition) is 7. The number of hydrogen-bond donors (Lipinski definition) is 0. The van der Waals surface area contributed by atoms with E-state index in [0.717, 1.165) is 26.6 Å². The van der Waals surface area contributed by atoms with Crippen LogP contribution in [0.5, 0.6) is 0 Å². The van der Waals surface area contributed by atoms with Crippen molar-refractivity contribution in [2.45, 2.75) is 13.0 Å². The molecule has 0 bridgehead atoms. The Labute approximate surface area is 163 Å². The topological polar surface area (TPSA) is 78.4 Å². The van der Waals surface area contributed by atoms with Gasteiger partial charge in [0.2, 0.25) is 0 Å². The molecule has 0 unspecified atom stereocenters. The van der Waals surface area contributed by atoms with E-state index in [0.29, 0.717) is 11.7 Å². The minimum Gasteiger partial charge on any atom is -0.460 e. The first kappa shape index (κ1) is 16.7. The molecule has 0 radical (unpaired) electrons. The number of nitrogens with zero attached hydrogens (tertiary/aromatic N) is 2. The van der Waals surface area contributed by atoms with E-state index in [1.807, 2.05) is 60.0 Å². The Bertz CT molecular complexity index is 1270. The number of furan rings is 1. The second-order valence-electron chi connectivity index (χ2n) is 6.23. The molecule has 3 heterocycles. The largest absolute Gasteiger partial charge is 0.460 e. The Balaban J connectivity index is 1.27. The van der Waals surface area contributed by atoms with Gasteiger partial charge in [0.15, 0.2) is 6.61 Å². The maximum atomic E-state index is 12.2. The highest BCUT2D eigenvalue weighted by atomic mass is 32.1. The van der Waals surface area contributed by atoms with Crippen LogP contribution < -0.4 is 0 Å². The lowest BCUT2D eigenvalue weighted by Crippen LogP contribution is -2.07. The van der Waals surface area contributed by atoms with Gasteiger partial charge in [-0.05, 0) is 34.4 Å². The van der Waals surface area contributed by atoms with Crippen LogP contribution in [-0.2, 0) is 22.6 Å². The number of carbonyl (C=O) groups is 1. The molecule has 0 atom stereocenters. The average Bonchev–Trinajstić information content (AvgIpc) is 3.45. The van der Waals surface area contributed by atoms with Gasteiger partial charge in [-0.25, -0.2) is 0 Å². The van der Waals surface area contributed by atoms with Crippen molar-refractivity contribution in [1.29, 1.82) is 0 Å². The summed E-state index contributed by atoms with van der Waals surface area (Å²) in [5.41, 5.74) is 0.749. The summed E-state index contributed by atoms with van der Waals surface area (Å²) in [5.74, 6) is 0.818. The third kappa shape index (κ3) is 3.16. The monoisotopic (exact) mass is 390 g/mol. The van der Waals surface area contributed by atoms with E-state index < -0.39 is 5.97 Å². The van der Waals surface area contributed by atoms with Gasteiger partial charge in [0.1, 0.15) is 17.8 Å². The summed E-state index contributed by atoms with van der Waals surface area (Å²) in [6, 6.07) is 17.7. The normalized spacial score (nSPS) is 11.3. The zero-order valence-electron chi connectivity index (χ0n) is 14.6. The molecule has 28 heavy (non-hydrogen) atoms. The molecule has 0 spiro atoms. The molecular formula is C21H14N2O4S. The van der Waals surface area contributed by atoms with Gasteiger partial charge in [0.05, 0.1) is 4.88 Å². The highest BCUT2D eigenvalue weighted by Crippen LogP contribution is 2.28. The van der Waals surface area contributed by atoms with Crippen molar-refractivity contribution in [3.63, 3.8) is 0 Å². The third-order valence-corrected chi connectivity index (χ3v) is 5.21. The van der Waals surface area contributed by atoms with Crippen LogP contribution in [0.2, 0.25) is 0 Å². The van der Waals surface area contributed by atoms with Crippen LogP contribution in [-0.4, -0.2) is 16.2 Å². The summed E-state index contributed by atoms with van der Waals surface area (Å²) in [6.07, 6.45) is 0.0366. The summed E-state index contributed by atoms with van der Waals surface area (Å²) in [6.45, 7) is -0.0691. The molecule has 0 aliphatic carbocycles. The van der Waals surface area contributed by atoms with Crippen LogP contribution in [0.3, 0.4) is 0 Å². The van der Waals surface area contributed by atoms with Gasteiger partial charge < -0.3 is 13.6 Å². The minimum absolute atomic E-state index is 0.0366. The highest BCUT2D eigenvalue weighted by molar-refractivity contribution is 7.13. The van der Waals surface area contributed by atoms with Crippen LogP contribution in [0.15, 0.2) is 68.8 Å². The molecule has 5 rings (SSSR count). The molecule has 6 nitrogen and oxygen atoms in total. The number of rotatable bonds is 5. The maximum Gasteiger partial charge on any atom is 0.313 e. The van der Waals surface area contributed by atoms with Crippen molar-refractivity contribution < 1.29 is 18.4 Å². The summed E-state index contributed by atoms with van der Waals surface area (Å²) < 4.78 is 16.6. The Morgan fingerprint density at radius 1 is 1.00 bits per heavy atom. The van der Waals surface area contributed by atoms with Crippen molar-refractivity contribution in [2.24, 2.45) is 0 Å². The average molecular weight is 390 g/mol. The zero-order valence-corrected chi connectivity index (χ0v) is 15.4. The van der Waals surface area contributed by atoms with Gasteiger partial charge in [-0.2, -0.15) is 0 Å². The Kier molecular flexibility index (Phi) is 4.14. The lowest BCUT2D eigenvalue weighted by Gasteiger charge is -1.99. The van der Waals surface area contributed by atoms with Crippen LogP contribution in [0.4, 0.5) is 0 Å². The molecule has 7 heteroatoms. The van der Waals surface area contributed by atoms with E-state index >= 15 is 0 Å². The summed E-state index contributed by atoms with van der Waals surface area (Å²) in [5, 5.41) is 13.0. The fraction of sp³-hybridized carbons (Fsp3) is 0.0952. The van der Waals surface area contributed by atoms with Gasteiger partial charge in [0.25, 0.3) is 11.8 Å². The molecule has 0 saturated heterocycles. The fourth-order valence-electron chi connectivity index (χ4n) is 3.08. The number of aromatic nitrogens is 2. The van der Waals surface area contributed by atoms with Gasteiger partial charge in [-0.15, -0.1) is 21.5 Å². The predicted molar refractivity (Wildman–Crippen MR) is 105 cm³/mol. The lowest BCUT2D eigenvalue weighted by molar-refractivity contribution is -0.145. The summed E-state index contributed by atoms with van der Waals surface area (Å²) in [4.78, 5) is 13.1. The van der Waals surface area contributed by atoms with Crippen molar-refractivity contribution in [2.75, 3.05) is 0 Å². The first-order valence-electron chi connectivity index (χ1n) is 8.68. The molecule has 0 saturated carbocycles. The van der Waals surface area contributed by atoms with Gasteiger partial charge in [0, 0.05) is 5.39 Å². The zero-order chi connectivity index (χ0) is 18.9. The molecule has 0 fully saturated rings. The standard InChI is InChI=1S/C21H14N2O4S/c24-20(25-12-19-22-23-21(27-19)18-6-3-9-28-18)11-14-10-16-15-5-2-1-4-13(15)7-8-17(16)26-14/h1-10H,11-12H2. The highest BCUT2D eigenvalue weighted by Gasteiger charge is 2.14. The van der Waals surface area contributed by atoms with Gasteiger partial charge in [-0.3, -0.25) is 4.79 Å². The molecule has 138 valence electrons. The first-order chi connectivity index (χ1) is 13.8. The van der Waals surface area contributed by atoms with E-state index in [1.165, 1.54) is 11.3 Å². The minimum atomic E-state index is -0.417. The molecule has 0 N–H and O–H groups in total.